The van der Waals surface area contributed by atoms with Crippen LogP contribution in [0.5, 0.6) is 0 Å². The van der Waals surface area contributed by atoms with E-state index in [-0.39, 0.29) is 5.78 Å². The number of hydrogen-bond acceptors (Lipinski definition) is 1. The van der Waals surface area contributed by atoms with E-state index in [1.165, 1.54) is 10.8 Å². The molecule has 17 heavy (non-hydrogen) atoms. The van der Waals surface area contributed by atoms with Gasteiger partial charge in [0.1, 0.15) is 0 Å². The summed E-state index contributed by atoms with van der Waals surface area (Å²) in [4.78, 5) is 11.5. The van der Waals surface area contributed by atoms with Gasteiger partial charge in [0.15, 0.2) is 5.78 Å². The Morgan fingerprint density at radius 1 is 1.12 bits per heavy atom. The molecule has 0 spiro atoms. The maximum Gasteiger partial charge on any atom is 0.155 e. The van der Waals surface area contributed by atoms with E-state index in [4.69, 9.17) is 0 Å². The third-order valence-corrected chi connectivity index (χ3v) is 2.77. The summed E-state index contributed by atoms with van der Waals surface area (Å²) in [6.45, 7) is 2.02. The molecule has 0 radical (unpaired) electrons. The number of benzene rings is 2. The lowest BCUT2D eigenvalue weighted by Crippen LogP contribution is -1.89. The average molecular weight is 224 g/mol. The monoisotopic (exact) mass is 224 g/mol. The highest BCUT2D eigenvalue weighted by atomic mass is 16.1. The van der Waals surface area contributed by atoms with Crippen molar-refractivity contribution in [2.75, 3.05) is 0 Å². The molecular formula is C16H16O. The lowest BCUT2D eigenvalue weighted by molar-refractivity contribution is -0.114. The maximum absolute atomic E-state index is 11.5. The summed E-state index contributed by atoms with van der Waals surface area (Å²) in [5, 5.41) is 2.40. The van der Waals surface area contributed by atoms with Crippen LogP contribution in [0.1, 0.15) is 25.3 Å². The van der Waals surface area contributed by atoms with E-state index >= 15 is 0 Å². The summed E-state index contributed by atoms with van der Waals surface area (Å²) < 4.78 is 0. The van der Waals surface area contributed by atoms with Gasteiger partial charge < -0.3 is 0 Å². The molecule has 0 aliphatic rings. The van der Waals surface area contributed by atoms with Crippen LogP contribution in [-0.2, 0) is 4.79 Å². The molecule has 0 atom stereocenters. The Bertz CT molecular complexity index is 547. The zero-order valence-electron chi connectivity index (χ0n) is 10.0. The van der Waals surface area contributed by atoms with Gasteiger partial charge in [-0.15, -0.1) is 0 Å². The zero-order valence-corrected chi connectivity index (χ0v) is 10.0. The number of allylic oxidation sites excluding steroid dienone is 1. The molecule has 0 fully saturated rings. The topological polar surface area (TPSA) is 17.1 Å². The number of rotatable bonds is 4. The smallest absolute Gasteiger partial charge is 0.155 e. The Morgan fingerprint density at radius 2 is 1.88 bits per heavy atom. The molecule has 0 bridgehead atoms. The molecule has 1 nitrogen and oxygen atoms in total. The molecule has 0 aliphatic heterocycles. The highest BCUT2D eigenvalue weighted by molar-refractivity contribution is 5.97. The van der Waals surface area contributed by atoms with Crippen LogP contribution in [0, 0.1) is 0 Å². The summed E-state index contributed by atoms with van der Waals surface area (Å²) in [6, 6.07) is 14.4. The largest absolute Gasteiger partial charge is 0.295 e. The van der Waals surface area contributed by atoms with Gasteiger partial charge in [-0.25, -0.2) is 0 Å². The van der Waals surface area contributed by atoms with Crippen LogP contribution < -0.4 is 0 Å². The van der Waals surface area contributed by atoms with Gasteiger partial charge in [-0.2, -0.15) is 0 Å². The van der Waals surface area contributed by atoms with E-state index in [9.17, 15) is 4.79 Å². The lowest BCUT2D eigenvalue weighted by Gasteiger charge is -2.01. The molecule has 2 aromatic carbocycles. The van der Waals surface area contributed by atoms with Crippen molar-refractivity contribution in [3.63, 3.8) is 0 Å². The first-order valence-corrected chi connectivity index (χ1v) is 6.00. The highest BCUT2D eigenvalue weighted by Crippen LogP contribution is 2.19. The number of ketones is 1. The molecule has 2 aromatic rings. The Kier molecular flexibility index (Phi) is 3.71. The zero-order chi connectivity index (χ0) is 12.1. The first-order valence-electron chi connectivity index (χ1n) is 6.00. The molecule has 0 saturated heterocycles. The fourth-order valence-corrected chi connectivity index (χ4v) is 1.91. The van der Waals surface area contributed by atoms with Gasteiger partial charge in [0.2, 0.25) is 0 Å². The minimum absolute atomic E-state index is 0.195. The van der Waals surface area contributed by atoms with Gasteiger partial charge in [-0.05, 0) is 28.8 Å². The molecular weight excluding hydrogens is 208 g/mol. The van der Waals surface area contributed by atoms with Gasteiger partial charge in [0.25, 0.3) is 0 Å². The second-order valence-corrected chi connectivity index (χ2v) is 4.12. The van der Waals surface area contributed by atoms with Crippen molar-refractivity contribution in [1.82, 2.24) is 0 Å². The molecule has 0 unspecified atom stereocenters. The van der Waals surface area contributed by atoms with E-state index in [2.05, 4.69) is 18.2 Å². The number of fused-ring (bicyclic) bond motifs is 1. The fraction of sp³-hybridized carbons (Fsp3) is 0.188. The number of hydrogen-bond donors (Lipinski definition) is 0. The Morgan fingerprint density at radius 3 is 2.71 bits per heavy atom. The van der Waals surface area contributed by atoms with Gasteiger partial charge in [-0.1, -0.05) is 55.5 Å². The van der Waals surface area contributed by atoms with E-state index in [1.807, 2.05) is 37.3 Å². The van der Waals surface area contributed by atoms with Crippen molar-refractivity contribution in [2.45, 2.75) is 19.8 Å². The molecule has 0 heterocycles. The van der Waals surface area contributed by atoms with Crippen LogP contribution >= 0.6 is 0 Å². The van der Waals surface area contributed by atoms with Crippen LogP contribution in [0.2, 0.25) is 0 Å². The van der Waals surface area contributed by atoms with Crippen LogP contribution in [0.25, 0.3) is 16.8 Å². The summed E-state index contributed by atoms with van der Waals surface area (Å²) in [6.07, 6.45) is 5.13. The first-order chi connectivity index (χ1) is 8.31. The molecule has 0 N–H and O–H groups in total. The third kappa shape index (κ3) is 2.82. The molecule has 1 heteroatoms. The minimum atomic E-state index is 0.195. The van der Waals surface area contributed by atoms with Crippen LogP contribution in [0.15, 0.2) is 48.5 Å². The fourth-order valence-electron chi connectivity index (χ4n) is 1.91. The van der Waals surface area contributed by atoms with Gasteiger partial charge in [0, 0.05) is 6.42 Å². The summed E-state index contributed by atoms with van der Waals surface area (Å²) in [5.41, 5.74) is 1.10. The van der Waals surface area contributed by atoms with Crippen molar-refractivity contribution in [3.05, 3.63) is 54.1 Å². The SMILES string of the molecule is CCCC(=O)C=Cc1cccc2ccccc12. The second kappa shape index (κ2) is 5.44. The van der Waals surface area contributed by atoms with Gasteiger partial charge in [-0.3, -0.25) is 4.79 Å². The quantitative estimate of drug-likeness (QED) is 0.710. The van der Waals surface area contributed by atoms with Crippen LogP contribution in [0.4, 0.5) is 0 Å². The van der Waals surface area contributed by atoms with Crippen LogP contribution in [-0.4, -0.2) is 5.78 Å². The average Bonchev–Trinajstić information content (AvgIpc) is 2.36. The second-order valence-electron chi connectivity index (χ2n) is 4.12. The van der Waals surface area contributed by atoms with Crippen LogP contribution in [0.3, 0.4) is 0 Å². The molecule has 0 amide bonds. The van der Waals surface area contributed by atoms with Gasteiger partial charge in [0.05, 0.1) is 0 Å². The van der Waals surface area contributed by atoms with E-state index < -0.39 is 0 Å². The van der Waals surface area contributed by atoms with Gasteiger partial charge >= 0.3 is 0 Å². The predicted molar refractivity (Wildman–Crippen MR) is 72.9 cm³/mol. The van der Waals surface area contributed by atoms with E-state index in [0.29, 0.717) is 6.42 Å². The van der Waals surface area contributed by atoms with Crippen molar-refractivity contribution < 1.29 is 4.79 Å². The minimum Gasteiger partial charge on any atom is -0.295 e. The number of carbonyl (C=O) groups is 1. The predicted octanol–water partition coefficient (Wildman–Crippen LogP) is 4.22. The molecule has 86 valence electrons. The molecule has 2 rings (SSSR count). The standard InChI is InChI=1S/C16H16O/c1-2-6-15(17)12-11-14-9-5-8-13-7-3-4-10-16(13)14/h3-5,7-12H,2,6H2,1H3. The van der Waals surface area contributed by atoms with E-state index in [0.717, 1.165) is 12.0 Å². The Labute approximate surface area is 102 Å². The van der Waals surface area contributed by atoms with Crippen molar-refractivity contribution in [3.8, 4) is 0 Å². The lowest BCUT2D eigenvalue weighted by atomic mass is 10.0. The summed E-state index contributed by atoms with van der Waals surface area (Å²) in [7, 11) is 0. The normalized spacial score (nSPS) is 11.1. The molecule has 0 saturated carbocycles. The van der Waals surface area contributed by atoms with E-state index in [1.54, 1.807) is 6.08 Å². The summed E-state index contributed by atoms with van der Waals surface area (Å²) >= 11 is 0. The first kappa shape index (κ1) is 11.6. The highest BCUT2D eigenvalue weighted by Gasteiger charge is 1.98. The molecule has 0 aliphatic carbocycles. The Balaban J connectivity index is 2.33. The van der Waals surface area contributed by atoms with Crippen molar-refractivity contribution >= 4 is 22.6 Å². The summed E-state index contributed by atoms with van der Waals surface area (Å²) in [5.74, 6) is 0.195. The molecule has 0 aromatic heterocycles. The van der Waals surface area contributed by atoms with Crippen molar-refractivity contribution in [1.29, 1.82) is 0 Å². The third-order valence-electron chi connectivity index (χ3n) is 2.77. The van der Waals surface area contributed by atoms with Crippen molar-refractivity contribution in [2.24, 2.45) is 0 Å². The number of carbonyl (C=O) groups excluding carboxylic acids is 1. The maximum atomic E-state index is 11.5. The Hall–Kier alpha value is -1.89.